The second-order valence-electron chi connectivity index (χ2n) is 8.07. The lowest BCUT2D eigenvalue weighted by atomic mass is 9.98. The van der Waals surface area contributed by atoms with E-state index >= 15 is 0 Å². The number of ether oxygens (including phenoxy) is 1. The van der Waals surface area contributed by atoms with E-state index in [0.717, 1.165) is 27.5 Å². The van der Waals surface area contributed by atoms with Crippen molar-refractivity contribution in [2.24, 2.45) is 5.92 Å². The number of carbonyl (C=O) groups excluding carboxylic acids is 1. The van der Waals surface area contributed by atoms with Gasteiger partial charge in [0.1, 0.15) is 5.60 Å². The molecule has 2 heterocycles. The molecule has 2 aromatic rings. The molecule has 0 bridgehead atoms. The minimum atomic E-state index is -0.715. The molecule has 0 atom stereocenters. The zero-order chi connectivity index (χ0) is 18.9. The molecule has 1 saturated heterocycles. The molecule has 4 rings (SSSR count). The predicted octanol–water partition coefficient (Wildman–Crippen LogP) is 4.46. The maximum absolute atomic E-state index is 12.5. The van der Waals surface area contributed by atoms with Crippen LogP contribution in [0.25, 0.3) is 10.9 Å². The van der Waals surface area contributed by atoms with Crippen molar-refractivity contribution < 1.29 is 14.6 Å². The number of rotatable bonds is 7. The molecule has 2 aliphatic rings. The topological polar surface area (TPSA) is 63.5 Å². The molecule has 1 saturated carbocycles. The highest BCUT2D eigenvalue weighted by Crippen LogP contribution is 2.34. The van der Waals surface area contributed by atoms with Gasteiger partial charge in [0.2, 0.25) is 5.91 Å². The van der Waals surface area contributed by atoms with E-state index in [1.807, 2.05) is 18.3 Å². The number of carbonyl (C=O) groups is 1. The van der Waals surface area contributed by atoms with Crippen molar-refractivity contribution in [2.45, 2.75) is 57.1 Å². The van der Waals surface area contributed by atoms with Crippen LogP contribution < -0.4 is 5.32 Å². The fourth-order valence-corrected chi connectivity index (χ4v) is 4.82. The second kappa shape index (κ2) is 7.94. The molecule has 1 aliphatic carbocycles. The molecule has 1 aromatic carbocycles. The molecule has 2 N–H and O–H groups in total. The molecule has 0 unspecified atom stereocenters. The third-order valence-corrected chi connectivity index (χ3v) is 6.60. The van der Waals surface area contributed by atoms with Crippen molar-refractivity contribution in [2.75, 3.05) is 18.5 Å². The van der Waals surface area contributed by atoms with E-state index in [2.05, 4.69) is 31.9 Å². The first-order valence-electron chi connectivity index (χ1n) is 9.91. The summed E-state index contributed by atoms with van der Waals surface area (Å²) in [5.41, 5.74) is 1.18. The van der Waals surface area contributed by atoms with Gasteiger partial charge in [-0.05, 0) is 30.9 Å². The van der Waals surface area contributed by atoms with Gasteiger partial charge in [0.15, 0.2) is 0 Å². The summed E-state index contributed by atoms with van der Waals surface area (Å²) >= 11 is 3.63. The summed E-state index contributed by atoms with van der Waals surface area (Å²) in [6.07, 6.45) is 9.35. The zero-order valence-corrected chi connectivity index (χ0v) is 17.1. The average molecular weight is 435 g/mol. The van der Waals surface area contributed by atoms with Gasteiger partial charge >= 0.3 is 0 Å². The van der Waals surface area contributed by atoms with Crippen molar-refractivity contribution in [1.29, 1.82) is 0 Å². The Labute approximate surface area is 168 Å². The van der Waals surface area contributed by atoms with E-state index in [0.29, 0.717) is 38.5 Å². The number of aliphatic hydroxyl groups is 1. The average Bonchev–Trinajstić information content (AvgIpc) is 3.25. The Morgan fingerprint density at radius 1 is 1.33 bits per heavy atom. The van der Waals surface area contributed by atoms with Gasteiger partial charge in [-0.15, -0.1) is 0 Å². The Balaban J connectivity index is 1.48. The largest absolute Gasteiger partial charge is 0.385 e. The van der Waals surface area contributed by atoms with Crippen molar-refractivity contribution in [3.05, 3.63) is 28.9 Å². The highest BCUT2D eigenvalue weighted by molar-refractivity contribution is 9.10. The Hall–Kier alpha value is -1.37. The summed E-state index contributed by atoms with van der Waals surface area (Å²) in [5.74, 6) is 0.803. The van der Waals surface area contributed by atoms with Crippen LogP contribution in [0.1, 0.15) is 44.9 Å². The summed E-state index contributed by atoms with van der Waals surface area (Å²) in [4.78, 5) is 12.5. The first-order chi connectivity index (χ1) is 13.0. The summed E-state index contributed by atoms with van der Waals surface area (Å²) < 4.78 is 8.22. The fraction of sp³-hybridized carbons (Fsp3) is 0.571. The van der Waals surface area contributed by atoms with E-state index in [9.17, 15) is 9.90 Å². The van der Waals surface area contributed by atoms with Crippen molar-refractivity contribution >= 4 is 38.4 Å². The number of aromatic nitrogens is 1. The van der Waals surface area contributed by atoms with Gasteiger partial charge in [0, 0.05) is 29.0 Å². The van der Waals surface area contributed by atoms with E-state index in [4.69, 9.17) is 4.74 Å². The number of anilines is 1. The number of aryl methyl sites for hydroxylation is 1. The third-order valence-electron chi connectivity index (χ3n) is 5.94. The highest BCUT2D eigenvalue weighted by Gasteiger charge is 2.35. The number of hydrogen-bond acceptors (Lipinski definition) is 3. The molecule has 0 radical (unpaired) electrons. The number of halogens is 1. The lowest BCUT2D eigenvalue weighted by molar-refractivity contribution is -0.182. The Morgan fingerprint density at radius 3 is 2.81 bits per heavy atom. The normalized spacial score (nSPS) is 19.3. The van der Waals surface area contributed by atoms with Crippen LogP contribution in [0, 0.1) is 5.92 Å². The lowest BCUT2D eigenvalue weighted by Gasteiger charge is -2.36. The molecule has 1 aliphatic heterocycles. The van der Waals surface area contributed by atoms with Gasteiger partial charge in [-0.1, -0.05) is 47.7 Å². The van der Waals surface area contributed by atoms with E-state index < -0.39 is 5.60 Å². The number of benzene rings is 1. The van der Waals surface area contributed by atoms with Crippen LogP contribution in [0.3, 0.4) is 0 Å². The molecule has 1 amide bonds. The Morgan fingerprint density at radius 2 is 2.11 bits per heavy atom. The summed E-state index contributed by atoms with van der Waals surface area (Å²) in [6.45, 7) is 1.49. The summed E-state index contributed by atoms with van der Waals surface area (Å²) in [5, 5.41) is 14.4. The van der Waals surface area contributed by atoms with Gasteiger partial charge in [-0.25, -0.2) is 0 Å². The number of nitrogens with zero attached hydrogens (tertiary/aromatic N) is 1. The first kappa shape index (κ1) is 19.0. The van der Waals surface area contributed by atoms with Crippen LogP contribution in [0.4, 0.5) is 5.69 Å². The summed E-state index contributed by atoms with van der Waals surface area (Å²) in [6, 6.07) is 6.04. The third kappa shape index (κ3) is 4.23. The highest BCUT2D eigenvalue weighted by atomic mass is 79.9. The van der Waals surface area contributed by atoms with Crippen molar-refractivity contribution in [1.82, 2.24) is 4.57 Å². The Bertz CT molecular complexity index is 822. The SMILES string of the molecule is O=C(CCC1CCCC1)Nc1cn(CCC2(O)COC2)c2cccc(Br)c12. The maximum atomic E-state index is 12.5. The van der Waals surface area contributed by atoms with Gasteiger partial charge in [-0.3, -0.25) is 4.79 Å². The number of hydrogen-bond donors (Lipinski definition) is 2. The van der Waals surface area contributed by atoms with Crippen LogP contribution in [0.15, 0.2) is 28.9 Å². The monoisotopic (exact) mass is 434 g/mol. The molecule has 146 valence electrons. The van der Waals surface area contributed by atoms with Gasteiger partial charge in [0.05, 0.1) is 24.4 Å². The van der Waals surface area contributed by atoms with Crippen molar-refractivity contribution in [3.8, 4) is 0 Å². The van der Waals surface area contributed by atoms with Gasteiger partial charge < -0.3 is 19.7 Å². The van der Waals surface area contributed by atoms with Crippen LogP contribution in [-0.2, 0) is 16.1 Å². The molecule has 0 spiro atoms. The lowest BCUT2D eigenvalue weighted by Crippen LogP contribution is -2.50. The maximum Gasteiger partial charge on any atom is 0.224 e. The van der Waals surface area contributed by atoms with Gasteiger partial charge in [0.25, 0.3) is 0 Å². The zero-order valence-electron chi connectivity index (χ0n) is 15.5. The van der Waals surface area contributed by atoms with E-state index in [1.165, 1.54) is 25.7 Å². The summed E-state index contributed by atoms with van der Waals surface area (Å²) in [7, 11) is 0. The quantitative estimate of drug-likeness (QED) is 0.675. The standard InChI is InChI=1S/C21H27BrN2O3/c22-16-6-3-7-18-20(16)17(12-24(18)11-10-21(26)13-27-14-21)23-19(25)9-8-15-4-1-2-5-15/h3,6-7,12,15,26H,1-2,4-5,8-11,13-14H2,(H,23,25). The number of fused-ring (bicyclic) bond motifs is 1. The predicted molar refractivity (Wildman–Crippen MR) is 110 cm³/mol. The fourth-order valence-electron chi connectivity index (χ4n) is 4.25. The van der Waals surface area contributed by atoms with Gasteiger partial charge in [-0.2, -0.15) is 0 Å². The second-order valence-corrected chi connectivity index (χ2v) is 8.93. The van der Waals surface area contributed by atoms with Crippen molar-refractivity contribution in [3.63, 3.8) is 0 Å². The van der Waals surface area contributed by atoms with Crippen LogP contribution in [-0.4, -0.2) is 34.4 Å². The molecule has 2 fully saturated rings. The molecule has 1 aromatic heterocycles. The minimum Gasteiger partial charge on any atom is -0.385 e. The van der Waals surface area contributed by atoms with E-state index in [1.54, 1.807) is 0 Å². The minimum absolute atomic E-state index is 0.0859. The van der Waals surface area contributed by atoms with Crippen LogP contribution in [0.2, 0.25) is 0 Å². The Kier molecular flexibility index (Phi) is 5.58. The smallest absolute Gasteiger partial charge is 0.224 e. The van der Waals surface area contributed by atoms with Crippen LogP contribution >= 0.6 is 15.9 Å². The number of nitrogens with one attached hydrogen (secondary N) is 1. The molecular weight excluding hydrogens is 408 g/mol. The first-order valence-corrected chi connectivity index (χ1v) is 10.7. The molecular formula is C21H27BrN2O3. The molecule has 5 nitrogen and oxygen atoms in total. The number of amides is 1. The van der Waals surface area contributed by atoms with E-state index in [-0.39, 0.29) is 5.91 Å². The van der Waals surface area contributed by atoms with Crippen LogP contribution in [0.5, 0.6) is 0 Å². The molecule has 27 heavy (non-hydrogen) atoms. The molecule has 6 heteroatoms.